The summed E-state index contributed by atoms with van der Waals surface area (Å²) < 4.78 is 22.0. The quantitative estimate of drug-likeness (QED) is 0.506. The average Bonchev–Trinajstić information content (AvgIpc) is 3.50. The number of benzene rings is 1. The van der Waals surface area contributed by atoms with E-state index in [1.165, 1.54) is 22.0 Å². The Morgan fingerprint density at radius 3 is 2.72 bits per heavy atom. The summed E-state index contributed by atoms with van der Waals surface area (Å²) in [6.07, 6.45) is 7.31. The average molecular weight is 487 g/mol. The number of rotatable bonds is 5. The molecule has 32 heavy (non-hydrogen) atoms. The number of aromatic nitrogens is 2. The van der Waals surface area contributed by atoms with Crippen molar-refractivity contribution < 1.29 is 9.00 Å². The molecule has 166 valence electrons. The molecule has 6 rings (SSSR count). The molecule has 3 aliphatic rings. The Balaban J connectivity index is 1.06. The number of nitrogens with zero attached hydrogens (tertiary/aromatic N) is 2. The van der Waals surface area contributed by atoms with E-state index < -0.39 is 9.73 Å². The number of carbonyl (C=O) groups is 1. The molecule has 0 bridgehead atoms. The van der Waals surface area contributed by atoms with Crippen LogP contribution in [0.4, 0.5) is 0 Å². The number of thiazole rings is 1. The highest BCUT2D eigenvalue weighted by Crippen LogP contribution is 2.62. The first-order valence-corrected chi connectivity index (χ1v) is 13.7. The number of fused-ring (bicyclic) bond motifs is 1. The summed E-state index contributed by atoms with van der Waals surface area (Å²) >= 11 is 7.84. The van der Waals surface area contributed by atoms with Crippen molar-refractivity contribution in [2.75, 3.05) is 0 Å². The van der Waals surface area contributed by atoms with Gasteiger partial charge in [0.25, 0.3) is 5.91 Å². The van der Waals surface area contributed by atoms with Crippen molar-refractivity contribution in [3.63, 3.8) is 0 Å². The van der Waals surface area contributed by atoms with E-state index in [9.17, 15) is 9.00 Å². The summed E-state index contributed by atoms with van der Waals surface area (Å²) in [7, 11) is -2.90. The van der Waals surface area contributed by atoms with Crippen molar-refractivity contribution in [2.45, 2.75) is 60.8 Å². The van der Waals surface area contributed by atoms with Crippen LogP contribution in [0.25, 0.3) is 10.2 Å². The Bertz CT molecular complexity index is 1340. The Hall–Kier alpha value is -2.03. The van der Waals surface area contributed by atoms with Gasteiger partial charge in [0.2, 0.25) is 0 Å². The Morgan fingerprint density at radius 2 is 1.97 bits per heavy atom. The highest BCUT2D eigenvalue weighted by atomic mass is 35.5. The van der Waals surface area contributed by atoms with Crippen molar-refractivity contribution in [3.05, 3.63) is 52.1 Å². The predicted octanol–water partition coefficient (Wildman–Crippen LogP) is 5.37. The van der Waals surface area contributed by atoms with Crippen LogP contribution in [-0.2, 0) is 9.73 Å². The second kappa shape index (κ2) is 7.23. The van der Waals surface area contributed by atoms with E-state index in [1.54, 1.807) is 17.4 Å². The fourth-order valence-corrected chi connectivity index (χ4v) is 8.11. The van der Waals surface area contributed by atoms with E-state index in [0.717, 1.165) is 49.1 Å². The Labute approximate surface area is 195 Å². The van der Waals surface area contributed by atoms with Crippen molar-refractivity contribution in [3.8, 4) is 0 Å². The zero-order chi connectivity index (χ0) is 22.1. The lowest BCUT2D eigenvalue weighted by molar-refractivity contribution is -0.0187. The van der Waals surface area contributed by atoms with Crippen LogP contribution < -0.4 is 5.32 Å². The number of hydrogen-bond donors (Lipinski definition) is 2. The third-order valence-electron chi connectivity index (χ3n) is 7.07. The lowest BCUT2D eigenvalue weighted by atomic mass is 9.50. The maximum Gasteiger partial charge on any atom is 0.251 e. The van der Waals surface area contributed by atoms with E-state index in [4.69, 9.17) is 21.4 Å². The number of hydrogen-bond acceptors (Lipinski definition) is 6. The molecule has 1 aromatic carbocycles. The van der Waals surface area contributed by atoms with Crippen LogP contribution >= 0.6 is 22.9 Å². The topological polar surface area (TPSA) is 95.8 Å². The number of amides is 1. The predicted molar refractivity (Wildman–Crippen MR) is 126 cm³/mol. The molecule has 3 fully saturated rings. The van der Waals surface area contributed by atoms with Gasteiger partial charge >= 0.3 is 0 Å². The SMILES string of the molecule is N=S(=O)(c1cc(C(=O)NC2CC3(C2)CC(c2nc4cc(Cl)ccc4s2)C3)ccn1)C1CC1. The summed E-state index contributed by atoms with van der Waals surface area (Å²) in [5.74, 6) is 0.330. The standard InChI is InChI=1S/C23H23ClN4O2S2/c24-15-1-4-19-18(8-15)28-22(31-19)14-9-23(10-14)11-16(12-23)27-21(29)13-5-6-26-20(7-13)32(25,30)17-2-3-17/h1,4-8,14,16-17,25H,2-3,9-12H2,(H,27,29). The van der Waals surface area contributed by atoms with Gasteiger partial charge in [0.05, 0.1) is 25.0 Å². The molecule has 2 heterocycles. The zero-order valence-corrected chi connectivity index (χ0v) is 19.7. The number of carbonyl (C=O) groups excluding carboxylic acids is 1. The fraction of sp³-hybridized carbons (Fsp3) is 0.435. The van der Waals surface area contributed by atoms with E-state index in [1.807, 2.05) is 18.2 Å². The molecule has 3 aliphatic carbocycles. The second-order valence-corrected chi connectivity index (χ2v) is 13.3. The fourth-order valence-electron chi connectivity index (χ4n) is 5.23. The third kappa shape index (κ3) is 3.53. The van der Waals surface area contributed by atoms with Crippen molar-refractivity contribution in [1.29, 1.82) is 4.78 Å². The van der Waals surface area contributed by atoms with Gasteiger partial charge in [-0.1, -0.05) is 11.6 Å². The van der Waals surface area contributed by atoms with Crippen LogP contribution in [0, 0.1) is 10.2 Å². The molecule has 0 saturated heterocycles. The van der Waals surface area contributed by atoms with Crippen LogP contribution in [0.3, 0.4) is 0 Å². The number of nitrogens with one attached hydrogen (secondary N) is 2. The van der Waals surface area contributed by atoms with Gasteiger partial charge < -0.3 is 5.32 Å². The Kier molecular flexibility index (Phi) is 4.65. The molecular weight excluding hydrogens is 464 g/mol. The molecular formula is C23H23ClN4O2S2. The Morgan fingerprint density at radius 1 is 1.19 bits per heavy atom. The smallest absolute Gasteiger partial charge is 0.251 e. The molecule has 6 nitrogen and oxygen atoms in total. The molecule has 9 heteroatoms. The maximum atomic E-state index is 12.7. The van der Waals surface area contributed by atoms with Gasteiger partial charge in [0.15, 0.2) is 0 Å². The summed E-state index contributed by atoms with van der Waals surface area (Å²) in [4.78, 5) is 21.6. The lowest BCUT2D eigenvalue weighted by Crippen LogP contribution is -2.55. The summed E-state index contributed by atoms with van der Waals surface area (Å²) in [6, 6.07) is 9.21. The first kappa shape index (κ1) is 20.6. The highest BCUT2D eigenvalue weighted by Gasteiger charge is 2.54. The molecule has 3 aromatic rings. The summed E-state index contributed by atoms with van der Waals surface area (Å²) in [5, 5.41) is 5.15. The first-order valence-electron chi connectivity index (χ1n) is 10.9. The van der Waals surface area contributed by atoms with Crippen LogP contribution in [0.5, 0.6) is 0 Å². The number of halogens is 1. The van der Waals surface area contributed by atoms with E-state index >= 15 is 0 Å². The van der Waals surface area contributed by atoms with Crippen molar-refractivity contribution in [1.82, 2.24) is 15.3 Å². The molecule has 0 radical (unpaired) electrons. The van der Waals surface area contributed by atoms with Gasteiger partial charge in [-0.15, -0.1) is 11.3 Å². The minimum Gasteiger partial charge on any atom is -0.349 e. The van der Waals surface area contributed by atoms with Crippen LogP contribution in [-0.4, -0.2) is 31.4 Å². The van der Waals surface area contributed by atoms with Gasteiger partial charge in [0, 0.05) is 34.0 Å². The summed E-state index contributed by atoms with van der Waals surface area (Å²) in [6.45, 7) is 0. The number of pyridine rings is 1. The maximum absolute atomic E-state index is 12.7. The van der Waals surface area contributed by atoms with E-state index in [0.29, 0.717) is 16.9 Å². The van der Waals surface area contributed by atoms with E-state index in [-0.39, 0.29) is 22.2 Å². The van der Waals surface area contributed by atoms with Crippen LogP contribution in [0.2, 0.25) is 5.02 Å². The van der Waals surface area contributed by atoms with Crippen LogP contribution in [0.15, 0.2) is 41.6 Å². The third-order valence-corrected chi connectivity index (χ3v) is 10.8. The minimum atomic E-state index is -2.90. The second-order valence-electron chi connectivity index (χ2n) is 9.53. The monoisotopic (exact) mass is 486 g/mol. The minimum absolute atomic E-state index is 0.112. The van der Waals surface area contributed by atoms with Crippen molar-refractivity contribution >= 4 is 48.8 Å². The molecule has 2 N–H and O–H groups in total. The van der Waals surface area contributed by atoms with Crippen molar-refractivity contribution in [2.24, 2.45) is 5.41 Å². The van der Waals surface area contributed by atoms with Crippen LogP contribution in [0.1, 0.15) is 59.8 Å². The van der Waals surface area contributed by atoms with Gasteiger partial charge in [-0.2, -0.15) is 0 Å². The molecule has 1 unspecified atom stereocenters. The van der Waals surface area contributed by atoms with E-state index in [2.05, 4.69) is 10.3 Å². The molecule has 1 amide bonds. The molecule has 1 atom stereocenters. The summed E-state index contributed by atoms with van der Waals surface area (Å²) in [5.41, 5.74) is 1.74. The molecule has 1 spiro atoms. The van der Waals surface area contributed by atoms with Gasteiger partial charge in [0.1, 0.15) is 5.03 Å². The largest absolute Gasteiger partial charge is 0.349 e. The normalized spacial score (nSPS) is 28.7. The molecule has 0 aliphatic heterocycles. The zero-order valence-electron chi connectivity index (χ0n) is 17.3. The molecule has 2 aromatic heterocycles. The lowest BCUT2D eigenvalue weighted by Gasteiger charge is -2.57. The van der Waals surface area contributed by atoms with Gasteiger partial charge in [-0.05, 0) is 74.3 Å². The molecule has 3 saturated carbocycles. The van der Waals surface area contributed by atoms with Gasteiger partial charge in [-0.3, -0.25) is 4.79 Å². The highest BCUT2D eigenvalue weighted by molar-refractivity contribution is 7.93. The van der Waals surface area contributed by atoms with Gasteiger partial charge in [-0.25, -0.2) is 19.0 Å². The first-order chi connectivity index (χ1) is 15.3.